The first-order valence-electron chi connectivity index (χ1n) is 12.7. The van der Waals surface area contributed by atoms with Crippen molar-refractivity contribution >= 4 is 10.8 Å². The van der Waals surface area contributed by atoms with Crippen molar-refractivity contribution in [2.45, 2.75) is 96.5 Å². The Balaban J connectivity index is 1.34. The molecule has 32 heavy (non-hydrogen) atoms. The maximum atomic E-state index is 14.2. The summed E-state index contributed by atoms with van der Waals surface area (Å²) < 4.78 is 43.5. The third-order valence-electron chi connectivity index (χ3n) is 8.04. The van der Waals surface area contributed by atoms with Crippen LogP contribution < -0.4 is 4.74 Å². The minimum atomic E-state index is -3.02. The van der Waals surface area contributed by atoms with Gasteiger partial charge in [0.1, 0.15) is 0 Å². The van der Waals surface area contributed by atoms with E-state index >= 15 is 0 Å². The Labute approximate surface area is 190 Å². The molecule has 2 aliphatic carbocycles. The normalized spacial score (nSPS) is 25.8. The Bertz CT molecular complexity index is 880. The van der Waals surface area contributed by atoms with Gasteiger partial charge in [-0.2, -0.15) is 8.78 Å². The summed E-state index contributed by atoms with van der Waals surface area (Å²) in [6.45, 7) is -0.747. The molecule has 2 aromatic rings. The van der Waals surface area contributed by atoms with E-state index in [4.69, 9.17) is 0 Å². The molecule has 4 rings (SSSR count). The van der Waals surface area contributed by atoms with Crippen LogP contribution in [0.15, 0.2) is 30.3 Å². The number of fused-ring (bicyclic) bond motifs is 2. The van der Waals surface area contributed by atoms with Crippen molar-refractivity contribution in [3.63, 3.8) is 0 Å². The average Bonchev–Trinajstić information content (AvgIpc) is 2.78. The number of alkyl halides is 2. The van der Waals surface area contributed by atoms with E-state index in [-0.39, 0.29) is 5.75 Å². The van der Waals surface area contributed by atoms with E-state index in [1.807, 2.05) is 6.07 Å². The van der Waals surface area contributed by atoms with Crippen molar-refractivity contribution in [3.05, 3.63) is 41.7 Å². The zero-order valence-corrected chi connectivity index (χ0v) is 19.3. The highest BCUT2D eigenvalue weighted by Gasteiger charge is 2.35. The van der Waals surface area contributed by atoms with E-state index in [0.29, 0.717) is 5.92 Å². The molecule has 4 unspecified atom stereocenters. The van der Waals surface area contributed by atoms with Crippen molar-refractivity contribution in [3.8, 4) is 5.75 Å². The third-order valence-corrected chi connectivity index (χ3v) is 8.04. The highest BCUT2D eigenvalue weighted by atomic mass is 19.3. The Kier molecular flexibility index (Phi) is 8.02. The van der Waals surface area contributed by atoms with Crippen molar-refractivity contribution in [1.82, 2.24) is 0 Å². The van der Waals surface area contributed by atoms with Gasteiger partial charge in [0.2, 0.25) is 0 Å². The van der Waals surface area contributed by atoms with Crippen LogP contribution in [-0.2, 0) is 0 Å². The molecule has 2 saturated carbocycles. The van der Waals surface area contributed by atoms with Crippen LogP contribution in [0.4, 0.5) is 13.2 Å². The maximum absolute atomic E-state index is 14.2. The zero-order valence-electron chi connectivity index (χ0n) is 19.3. The number of hydrogen-bond acceptors (Lipinski definition) is 1. The molecule has 0 aromatic heterocycles. The van der Waals surface area contributed by atoms with Crippen LogP contribution in [0.25, 0.3) is 10.8 Å². The predicted octanol–water partition coefficient (Wildman–Crippen LogP) is 9.24. The van der Waals surface area contributed by atoms with Crippen LogP contribution in [-0.4, -0.2) is 6.61 Å². The second-order valence-electron chi connectivity index (χ2n) is 10.2. The molecule has 4 atom stereocenters. The molecule has 2 fully saturated rings. The molecule has 0 aliphatic heterocycles. The summed E-state index contributed by atoms with van der Waals surface area (Å²) in [4.78, 5) is 0. The molecular formula is C28H37F3O. The number of ether oxygens (including phenoxy) is 1. The lowest BCUT2D eigenvalue weighted by atomic mass is 9.63. The Morgan fingerprint density at radius 2 is 1.66 bits per heavy atom. The molecule has 0 amide bonds. The van der Waals surface area contributed by atoms with Crippen LogP contribution >= 0.6 is 0 Å². The maximum Gasteiger partial charge on any atom is 0.387 e. The van der Waals surface area contributed by atoms with Gasteiger partial charge in [-0.1, -0.05) is 70.1 Å². The monoisotopic (exact) mass is 446 g/mol. The summed E-state index contributed by atoms with van der Waals surface area (Å²) in [5.74, 6) is 2.04. The molecule has 0 heterocycles. The number of benzene rings is 2. The van der Waals surface area contributed by atoms with Gasteiger partial charge in [0.05, 0.1) is 0 Å². The first-order chi connectivity index (χ1) is 15.5. The summed E-state index contributed by atoms with van der Waals surface area (Å²) in [6, 6.07) is 8.77. The van der Waals surface area contributed by atoms with Crippen LogP contribution in [0.1, 0.15) is 95.5 Å². The molecule has 176 valence electrons. The second kappa shape index (κ2) is 10.9. The van der Waals surface area contributed by atoms with Crippen LogP contribution in [0.3, 0.4) is 0 Å². The molecule has 4 heteroatoms. The van der Waals surface area contributed by atoms with E-state index in [1.54, 1.807) is 0 Å². The van der Waals surface area contributed by atoms with Crippen molar-refractivity contribution in [2.24, 2.45) is 17.8 Å². The van der Waals surface area contributed by atoms with E-state index in [2.05, 4.69) is 23.8 Å². The summed E-state index contributed by atoms with van der Waals surface area (Å²) in [5.41, 5.74) is 1.26. The van der Waals surface area contributed by atoms with E-state index in [1.165, 1.54) is 94.7 Å². The Morgan fingerprint density at radius 1 is 0.875 bits per heavy atom. The van der Waals surface area contributed by atoms with Gasteiger partial charge >= 0.3 is 6.61 Å². The number of hydrogen-bond donors (Lipinski definition) is 0. The number of rotatable bonds is 9. The van der Waals surface area contributed by atoms with Gasteiger partial charge in [-0.05, 0) is 84.2 Å². The molecule has 2 aliphatic rings. The molecule has 0 N–H and O–H groups in total. The predicted molar refractivity (Wildman–Crippen MR) is 125 cm³/mol. The molecular weight excluding hydrogens is 409 g/mol. The van der Waals surface area contributed by atoms with E-state index < -0.39 is 12.4 Å². The summed E-state index contributed by atoms with van der Waals surface area (Å²) >= 11 is 0. The van der Waals surface area contributed by atoms with E-state index in [9.17, 15) is 13.2 Å². The van der Waals surface area contributed by atoms with Gasteiger partial charge in [0.15, 0.2) is 11.6 Å². The standard InChI is InChI=1S/C28H37F3O/c1-2-3-4-5-6-7-19-8-9-21-15-22(11-10-20(21)14-19)23-12-13-24-18-27(32-28(30)31)26(29)17-25(24)16-23/h12-13,16-22,28H,2-11,14-15H2,1H3. The summed E-state index contributed by atoms with van der Waals surface area (Å²) in [5, 5.41) is 1.49. The quantitative estimate of drug-likeness (QED) is 0.349. The summed E-state index contributed by atoms with van der Waals surface area (Å²) in [7, 11) is 0. The lowest BCUT2D eigenvalue weighted by Crippen LogP contribution is -2.30. The lowest BCUT2D eigenvalue weighted by molar-refractivity contribution is -0.0520. The molecule has 0 saturated heterocycles. The minimum Gasteiger partial charge on any atom is -0.432 e. The highest BCUT2D eigenvalue weighted by Crippen LogP contribution is 2.48. The van der Waals surface area contributed by atoms with Crippen LogP contribution in [0.2, 0.25) is 0 Å². The number of unbranched alkanes of at least 4 members (excludes halogenated alkanes) is 4. The molecule has 0 radical (unpaired) electrons. The average molecular weight is 447 g/mol. The fourth-order valence-corrected chi connectivity index (χ4v) is 6.30. The Morgan fingerprint density at radius 3 is 2.47 bits per heavy atom. The molecule has 2 aromatic carbocycles. The van der Waals surface area contributed by atoms with Gasteiger partial charge in [-0.3, -0.25) is 0 Å². The smallest absolute Gasteiger partial charge is 0.387 e. The largest absolute Gasteiger partial charge is 0.432 e. The fourth-order valence-electron chi connectivity index (χ4n) is 6.30. The number of halogens is 3. The van der Waals surface area contributed by atoms with Crippen LogP contribution in [0.5, 0.6) is 5.75 Å². The first kappa shape index (κ1) is 23.4. The fraction of sp³-hybridized carbons (Fsp3) is 0.643. The van der Waals surface area contributed by atoms with Gasteiger partial charge in [-0.25, -0.2) is 4.39 Å². The lowest BCUT2D eigenvalue weighted by Gasteiger charge is -2.42. The molecule has 0 bridgehead atoms. The third kappa shape index (κ3) is 5.80. The first-order valence-corrected chi connectivity index (χ1v) is 12.7. The van der Waals surface area contributed by atoms with Crippen molar-refractivity contribution < 1.29 is 17.9 Å². The highest BCUT2D eigenvalue weighted by molar-refractivity contribution is 5.84. The van der Waals surface area contributed by atoms with Crippen molar-refractivity contribution in [1.29, 1.82) is 0 Å². The SMILES string of the molecule is CCCCCCCC1CCC2CC(c3ccc4cc(OC(F)F)c(F)cc4c3)CCC2C1. The second-order valence-corrected chi connectivity index (χ2v) is 10.2. The van der Waals surface area contributed by atoms with Gasteiger partial charge < -0.3 is 4.74 Å². The van der Waals surface area contributed by atoms with Gasteiger partial charge in [0, 0.05) is 0 Å². The molecule has 1 nitrogen and oxygen atoms in total. The van der Waals surface area contributed by atoms with Gasteiger partial charge in [0.25, 0.3) is 0 Å². The Hall–Kier alpha value is -1.71. The topological polar surface area (TPSA) is 9.23 Å². The van der Waals surface area contributed by atoms with Crippen LogP contribution in [0, 0.1) is 23.6 Å². The van der Waals surface area contributed by atoms with Gasteiger partial charge in [-0.15, -0.1) is 0 Å². The molecule has 0 spiro atoms. The zero-order chi connectivity index (χ0) is 22.5. The summed E-state index contributed by atoms with van der Waals surface area (Å²) in [6.07, 6.45) is 16.2. The van der Waals surface area contributed by atoms with Crippen molar-refractivity contribution in [2.75, 3.05) is 0 Å². The van der Waals surface area contributed by atoms with E-state index in [0.717, 1.165) is 28.5 Å². The minimum absolute atomic E-state index is 0.386.